The number of hydrogen-bond acceptors (Lipinski definition) is 7. The van der Waals surface area contributed by atoms with Gasteiger partial charge in [0.05, 0.1) is 29.7 Å². The van der Waals surface area contributed by atoms with Crippen LogP contribution in [0, 0.1) is 18.3 Å². The fourth-order valence-electron chi connectivity index (χ4n) is 4.30. The number of phosphoric ester groups is 1. The van der Waals surface area contributed by atoms with Crippen LogP contribution in [0.4, 0.5) is 0 Å². The van der Waals surface area contributed by atoms with E-state index < -0.39 is 23.4 Å². The molecule has 2 aromatic carbocycles. The van der Waals surface area contributed by atoms with Crippen molar-refractivity contribution in [2.24, 2.45) is 0 Å². The molecule has 0 saturated carbocycles. The summed E-state index contributed by atoms with van der Waals surface area (Å²) in [6.45, 7) is 5.46. The molecule has 1 aliphatic rings. The maximum atomic E-state index is 13.3. The number of aryl methyl sites for hydroxylation is 2. The molecule has 4 rings (SSSR count). The largest absolute Gasteiger partial charge is 0.476 e. The van der Waals surface area contributed by atoms with Crippen LogP contribution in [0.15, 0.2) is 53.6 Å². The third-order valence-corrected chi connectivity index (χ3v) is 9.37. The SMILES string of the molecule is CCOP(=O)(OCC)OC1(C#N)CCc2ccc3c(ccn3S(=O)(=O)c3ccc(C)cc3)c2C1. The van der Waals surface area contributed by atoms with E-state index in [2.05, 4.69) is 6.07 Å². The van der Waals surface area contributed by atoms with Gasteiger partial charge in [0.1, 0.15) is 0 Å². The molecule has 0 N–H and O–H groups in total. The summed E-state index contributed by atoms with van der Waals surface area (Å²) in [5.74, 6) is 0. The van der Waals surface area contributed by atoms with E-state index in [0.29, 0.717) is 23.7 Å². The van der Waals surface area contributed by atoms with E-state index in [0.717, 1.165) is 16.7 Å². The predicted octanol–water partition coefficient (Wildman–Crippen LogP) is 5.14. The fraction of sp³-hybridized carbons (Fsp3) is 0.375. The molecule has 0 saturated heterocycles. The van der Waals surface area contributed by atoms with E-state index in [1.54, 1.807) is 50.2 Å². The molecule has 0 spiro atoms. The number of phosphoric acid groups is 1. The number of nitrogens with zero attached hydrogens (tertiary/aromatic N) is 2. The highest BCUT2D eigenvalue weighted by molar-refractivity contribution is 7.90. The highest BCUT2D eigenvalue weighted by atomic mass is 32.2. The number of hydrogen-bond donors (Lipinski definition) is 0. The van der Waals surface area contributed by atoms with Gasteiger partial charge in [-0.25, -0.2) is 17.0 Å². The molecule has 0 bridgehead atoms. The van der Waals surface area contributed by atoms with Crippen molar-refractivity contribution in [3.63, 3.8) is 0 Å². The molecule has 0 fully saturated rings. The van der Waals surface area contributed by atoms with Crippen molar-refractivity contribution in [3.05, 3.63) is 65.4 Å². The molecule has 0 amide bonds. The van der Waals surface area contributed by atoms with Crippen LogP contribution in [0.3, 0.4) is 0 Å². The highest BCUT2D eigenvalue weighted by Crippen LogP contribution is 2.55. The van der Waals surface area contributed by atoms with Gasteiger partial charge in [-0.3, -0.25) is 13.6 Å². The van der Waals surface area contributed by atoms with Crippen LogP contribution in [0.5, 0.6) is 0 Å². The Morgan fingerprint density at radius 1 is 1.09 bits per heavy atom. The second-order valence-electron chi connectivity index (χ2n) is 8.22. The van der Waals surface area contributed by atoms with E-state index in [4.69, 9.17) is 13.6 Å². The molecule has 3 aromatic rings. The summed E-state index contributed by atoms with van der Waals surface area (Å²) in [4.78, 5) is 0.192. The zero-order chi connectivity index (χ0) is 24.6. The Hall–Kier alpha value is -2.47. The van der Waals surface area contributed by atoms with Gasteiger partial charge in [0.15, 0.2) is 5.60 Å². The Morgan fingerprint density at radius 3 is 2.38 bits per heavy atom. The zero-order valence-electron chi connectivity index (χ0n) is 19.4. The first-order chi connectivity index (χ1) is 16.2. The molecule has 1 heterocycles. The summed E-state index contributed by atoms with van der Waals surface area (Å²) >= 11 is 0. The van der Waals surface area contributed by atoms with E-state index in [9.17, 15) is 18.2 Å². The Morgan fingerprint density at radius 2 is 1.76 bits per heavy atom. The molecule has 8 nitrogen and oxygen atoms in total. The first-order valence-corrected chi connectivity index (χ1v) is 14.0. The van der Waals surface area contributed by atoms with Crippen molar-refractivity contribution < 1.29 is 26.6 Å². The third-order valence-electron chi connectivity index (χ3n) is 5.95. The van der Waals surface area contributed by atoms with Crippen molar-refractivity contribution in [3.8, 4) is 6.07 Å². The Kier molecular flexibility index (Phi) is 6.74. The smallest absolute Gasteiger partial charge is 0.287 e. The molecular weight excluding hydrogens is 475 g/mol. The van der Waals surface area contributed by atoms with Gasteiger partial charge in [0, 0.05) is 18.0 Å². The molecule has 34 heavy (non-hydrogen) atoms. The van der Waals surface area contributed by atoms with Crippen molar-refractivity contribution in [1.29, 1.82) is 5.26 Å². The lowest BCUT2D eigenvalue weighted by molar-refractivity contribution is 0.0387. The molecule has 10 heteroatoms. The van der Waals surface area contributed by atoms with Gasteiger partial charge in [-0.15, -0.1) is 0 Å². The average molecular weight is 503 g/mol. The van der Waals surface area contributed by atoms with Crippen molar-refractivity contribution >= 4 is 28.7 Å². The molecule has 1 unspecified atom stereocenters. The van der Waals surface area contributed by atoms with Crippen LogP contribution < -0.4 is 0 Å². The minimum Gasteiger partial charge on any atom is -0.287 e. The minimum atomic E-state index is -3.93. The van der Waals surface area contributed by atoms with Gasteiger partial charge in [0.2, 0.25) is 0 Å². The van der Waals surface area contributed by atoms with Crippen molar-refractivity contribution in [2.45, 2.75) is 50.5 Å². The average Bonchev–Trinajstić information content (AvgIpc) is 3.25. The maximum absolute atomic E-state index is 13.3. The summed E-state index contributed by atoms with van der Waals surface area (Å²) in [6.07, 6.45) is 2.48. The number of nitriles is 1. The van der Waals surface area contributed by atoms with Gasteiger partial charge in [-0.1, -0.05) is 23.8 Å². The van der Waals surface area contributed by atoms with Crippen LogP contribution in [0.1, 0.15) is 37.0 Å². The van der Waals surface area contributed by atoms with Crippen LogP contribution in [0.2, 0.25) is 0 Å². The van der Waals surface area contributed by atoms with Crippen LogP contribution in [0.25, 0.3) is 10.9 Å². The lowest BCUT2D eigenvalue weighted by atomic mass is 9.80. The number of benzene rings is 2. The number of aromatic nitrogens is 1. The van der Waals surface area contributed by atoms with E-state index in [1.165, 1.54) is 10.2 Å². The predicted molar refractivity (Wildman–Crippen MR) is 128 cm³/mol. The van der Waals surface area contributed by atoms with Gasteiger partial charge in [-0.2, -0.15) is 5.26 Å². The second-order valence-corrected chi connectivity index (χ2v) is 11.6. The lowest BCUT2D eigenvalue weighted by Crippen LogP contribution is -2.37. The summed E-state index contributed by atoms with van der Waals surface area (Å²) in [5.41, 5.74) is 1.84. The van der Waals surface area contributed by atoms with Gasteiger partial charge in [0.25, 0.3) is 10.0 Å². The van der Waals surface area contributed by atoms with Crippen LogP contribution in [-0.2, 0) is 41.0 Å². The molecule has 1 aliphatic carbocycles. The molecule has 1 atom stereocenters. The minimum absolute atomic E-state index is 0.110. The lowest BCUT2D eigenvalue weighted by Gasteiger charge is -2.34. The van der Waals surface area contributed by atoms with E-state index in [1.807, 2.05) is 13.0 Å². The van der Waals surface area contributed by atoms with Crippen LogP contribution in [-0.4, -0.2) is 31.2 Å². The topological polar surface area (TPSA) is 108 Å². The highest BCUT2D eigenvalue weighted by Gasteiger charge is 2.44. The van der Waals surface area contributed by atoms with Gasteiger partial charge < -0.3 is 0 Å². The Balaban J connectivity index is 1.76. The monoisotopic (exact) mass is 502 g/mol. The first-order valence-electron chi connectivity index (χ1n) is 11.1. The standard InChI is InChI=1S/C24H27N2O6PS/c1-4-30-33(27,31-5-2)32-24(17-25)14-12-19-8-11-23-21(22(19)16-24)13-15-26(23)34(28,29)20-9-6-18(3)7-10-20/h6-11,13,15H,4-5,12,14,16H2,1-3H3. The van der Waals surface area contributed by atoms with Gasteiger partial charge >= 0.3 is 7.82 Å². The quantitative estimate of drug-likeness (QED) is 0.393. The molecular formula is C24H27N2O6PS. The van der Waals surface area contributed by atoms with E-state index in [-0.39, 0.29) is 24.5 Å². The fourth-order valence-corrected chi connectivity index (χ4v) is 7.08. The normalized spacial score (nSPS) is 18.5. The molecule has 1 aromatic heterocycles. The molecule has 0 aliphatic heterocycles. The maximum Gasteiger partial charge on any atom is 0.476 e. The van der Waals surface area contributed by atoms with Crippen LogP contribution >= 0.6 is 7.82 Å². The molecule has 180 valence electrons. The summed E-state index contributed by atoms with van der Waals surface area (Å²) in [5, 5.41) is 10.7. The number of fused-ring (bicyclic) bond motifs is 3. The summed E-state index contributed by atoms with van der Waals surface area (Å²) < 4.78 is 57.2. The first kappa shape index (κ1) is 24.6. The van der Waals surface area contributed by atoms with Gasteiger partial charge in [-0.05, 0) is 69.0 Å². The summed E-state index contributed by atoms with van der Waals surface area (Å²) in [7, 11) is -7.74. The number of rotatable bonds is 8. The van der Waals surface area contributed by atoms with Crippen molar-refractivity contribution in [2.75, 3.05) is 13.2 Å². The molecule has 0 radical (unpaired) electrons. The van der Waals surface area contributed by atoms with Crippen molar-refractivity contribution in [1.82, 2.24) is 3.97 Å². The van der Waals surface area contributed by atoms with E-state index >= 15 is 0 Å². The Bertz CT molecular complexity index is 1400. The summed E-state index contributed by atoms with van der Waals surface area (Å²) in [6, 6.07) is 14.3. The Labute approximate surface area is 199 Å². The second kappa shape index (κ2) is 9.29. The zero-order valence-corrected chi connectivity index (χ0v) is 21.1. The third kappa shape index (κ3) is 4.45.